The fraction of sp³-hybridized carbons (Fsp3) is 0.417. The summed E-state index contributed by atoms with van der Waals surface area (Å²) in [4.78, 5) is 13.7. The lowest BCUT2D eigenvalue weighted by molar-refractivity contribution is -0.117. The van der Waals surface area contributed by atoms with Crippen molar-refractivity contribution in [3.05, 3.63) is 24.0 Å². The Bertz CT molecular complexity index is 431. The Morgan fingerprint density at radius 3 is 2.75 bits per heavy atom. The molecule has 0 radical (unpaired) electrons. The van der Waals surface area contributed by atoms with Crippen LogP contribution in [0.2, 0.25) is 0 Å². The van der Waals surface area contributed by atoms with Gasteiger partial charge in [0.05, 0.1) is 11.4 Å². The van der Waals surface area contributed by atoms with Crippen LogP contribution in [0.25, 0.3) is 0 Å². The molecule has 1 aliphatic rings. The van der Waals surface area contributed by atoms with Crippen LogP contribution < -0.4 is 10.2 Å². The number of carbonyl (C=O) groups is 1. The molecule has 86 valence electrons. The molecule has 2 rings (SSSR count). The maximum absolute atomic E-state index is 13.1. The van der Waals surface area contributed by atoms with Crippen LogP contribution in [0.3, 0.4) is 0 Å². The second-order valence-electron chi connectivity index (χ2n) is 4.33. The van der Waals surface area contributed by atoms with Gasteiger partial charge in [0.1, 0.15) is 11.9 Å². The average Bonchev–Trinajstić information content (AvgIpc) is 2.19. The maximum Gasteiger partial charge on any atom is 0.246 e. The number of hydrogen-bond donors (Lipinski definition) is 1. The van der Waals surface area contributed by atoms with Crippen LogP contribution in [-0.2, 0) is 4.79 Å². The highest BCUT2D eigenvalue weighted by atomic mass is 19.1. The summed E-state index contributed by atoms with van der Waals surface area (Å²) < 4.78 is 13.1. The van der Waals surface area contributed by atoms with Gasteiger partial charge in [0, 0.05) is 6.04 Å². The molecule has 1 aliphatic heterocycles. The predicted octanol–water partition coefficient (Wildman–Crippen LogP) is 2.38. The van der Waals surface area contributed by atoms with E-state index in [0.717, 1.165) is 5.69 Å². The first-order valence-electron chi connectivity index (χ1n) is 5.39. The van der Waals surface area contributed by atoms with Gasteiger partial charge in [-0.05, 0) is 39.0 Å². The SMILES string of the molecule is CC(C)N1c2ccc(F)cc2NC(=O)C1C. The zero-order chi connectivity index (χ0) is 11.9. The minimum Gasteiger partial charge on any atom is -0.356 e. The summed E-state index contributed by atoms with van der Waals surface area (Å²) in [5.74, 6) is -0.427. The van der Waals surface area contributed by atoms with Gasteiger partial charge in [0.25, 0.3) is 0 Å². The lowest BCUT2D eigenvalue weighted by Gasteiger charge is -2.39. The lowest BCUT2D eigenvalue weighted by Crippen LogP contribution is -2.49. The summed E-state index contributed by atoms with van der Waals surface area (Å²) in [7, 11) is 0. The third-order valence-electron chi connectivity index (χ3n) is 2.85. The van der Waals surface area contributed by atoms with E-state index in [0.29, 0.717) is 5.69 Å². The second-order valence-corrected chi connectivity index (χ2v) is 4.33. The van der Waals surface area contributed by atoms with E-state index in [1.807, 2.05) is 25.7 Å². The highest BCUT2D eigenvalue weighted by molar-refractivity contribution is 6.03. The molecular weight excluding hydrogens is 207 g/mol. The van der Waals surface area contributed by atoms with Crippen molar-refractivity contribution in [1.82, 2.24) is 0 Å². The molecule has 1 N–H and O–H groups in total. The third-order valence-corrected chi connectivity index (χ3v) is 2.85. The number of benzene rings is 1. The van der Waals surface area contributed by atoms with Gasteiger partial charge < -0.3 is 10.2 Å². The van der Waals surface area contributed by atoms with Crippen LogP contribution in [0.5, 0.6) is 0 Å². The second kappa shape index (κ2) is 3.77. The van der Waals surface area contributed by atoms with Gasteiger partial charge in [-0.15, -0.1) is 0 Å². The minimum absolute atomic E-state index is 0.0909. The number of hydrogen-bond acceptors (Lipinski definition) is 2. The number of nitrogens with zero attached hydrogens (tertiary/aromatic N) is 1. The molecule has 1 atom stereocenters. The highest BCUT2D eigenvalue weighted by Gasteiger charge is 2.31. The van der Waals surface area contributed by atoms with E-state index in [1.165, 1.54) is 12.1 Å². The van der Waals surface area contributed by atoms with Crippen molar-refractivity contribution in [2.24, 2.45) is 0 Å². The summed E-state index contributed by atoms with van der Waals surface area (Å²) in [6.45, 7) is 5.88. The number of fused-ring (bicyclic) bond motifs is 1. The molecule has 0 aliphatic carbocycles. The Morgan fingerprint density at radius 1 is 1.44 bits per heavy atom. The van der Waals surface area contributed by atoms with Crippen molar-refractivity contribution < 1.29 is 9.18 Å². The Hall–Kier alpha value is -1.58. The first-order chi connectivity index (χ1) is 7.50. The summed E-state index contributed by atoms with van der Waals surface area (Å²) >= 11 is 0. The molecule has 1 unspecified atom stereocenters. The molecule has 16 heavy (non-hydrogen) atoms. The molecule has 0 fully saturated rings. The van der Waals surface area contributed by atoms with E-state index < -0.39 is 0 Å². The van der Waals surface area contributed by atoms with Crippen LogP contribution in [0.15, 0.2) is 18.2 Å². The first kappa shape index (κ1) is 10.9. The van der Waals surface area contributed by atoms with Gasteiger partial charge in [-0.3, -0.25) is 4.79 Å². The largest absolute Gasteiger partial charge is 0.356 e. The Labute approximate surface area is 94.3 Å². The molecule has 1 aromatic carbocycles. The van der Waals surface area contributed by atoms with Crippen molar-refractivity contribution in [3.8, 4) is 0 Å². The molecule has 0 aromatic heterocycles. The van der Waals surface area contributed by atoms with Crippen molar-refractivity contribution in [3.63, 3.8) is 0 Å². The maximum atomic E-state index is 13.1. The zero-order valence-electron chi connectivity index (χ0n) is 9.62. The van der Waals surface area contributed by atoms with Gasteiger partial charge in [0.15, 0.2) is 0 Å². The summed E-state index contributed by atoms with van der Waals surface area (Å²) in [6.07, 6.45) is 0. The van der Waals surface area contributed by atoms with Crippen LogP contribution >= 0.6 is 0 Å². The number of carbonyl (C=O) groups excluding carboxylic acids is 1. The minimum atomic E-state index is -0.336. The Balaban J connectivity index is 2.52. The molecule has 3 nitrogen and oxygen atoms in total. The highest BCUT2D eigenvalue weighted by Crippen LogP contribution is 2.33. The summed E-state index contributed by atoms with van der Waals surface area (Å²) in [5, 5.41) is 2.71. The topological polar surface area (TPSA) is 32.3 Å². The first-order valence-corrected chi connectivity index (χ1v) is 5.39. The van der Waals surface area contributed by atoms with E-state index in [4.69, 9.17) is 0 Å². The van der Waals surface area contributed by atoms with Gasteiger partial charge in [-0.2, -0.15) is 0 Å². The van der Waals surface area contributed by atoms with Crippen molar-refractivity contribution in [2.75, 3.05) is 10.2 Å². The van der Waals surface area contributed by atoms with E-state index in [2.05, 4.69) is 5.32 Å². The molecule has 1 heterocycles. The lowest BCUT2D eigenvalue weighted by atomic mass is 10.1. The fourth-order valence-corrected chi connectivity index (χ4v) is 2.13. The summed E-state index contributed by atoms with van der Waals surface area (Å²) in [5.41, 5.74) is 1.43. The Kier molecular flexibility index (Phi) is 2.58. The third kappa shape index (κ3) is 1.64. The van der Waals surface area contributed by atoms with E-state index in [1.54, 1.807) is 6.07 Å². The molecule has 4 heteroatoms. The molecule has 0 saturated carbocycles. The van der Waals surface area contributed by atoms with Crippen molar-refractivity contribution in [1.29, 1.82) is 0 Å². The quantitative estimate of drug-likeness (QED) is 0.791. The monoisotopic (exact) mass is 222 g/mol. The molecule has 0 saturated heterocycles. The number of halogens is 1. The van der Waals surface area contributed by atoms with E-state index >= 15 is 0 Å². The number of nitrogens with one attached hydrogen (secondary N) is 1. The van der Waals surface area contributed by atoms with E-state index in [9.17, 15) is 9.18 Å². The number of amides is 1. The normalized spacial score (nSPS) is 19.7. The van der Waals surface area contributed by atoms with Crippen LogP contribution in [-0.4, -0.2) is 18.0 Å². The summed E-state index contributed by atoms with van der Waals surface area (Å²) in [6, 6.07) is 4.45. The fourth-order valence-electron chi connectivity index (χ4n) is 2.13. The van der Waals surface area contributed by atoms with Crippen molar-refractivity contribution >= 4 is 17.3 Å². The van der Waals surface area contributed by atoms with Gasteiger partial charge in [0.2, 0.25) is 5.91 Å². The Morgan fingerprint density at radius 2 is 2.12 bits per heavy atom. The van der Waals surface area contributed by atoms with Crippen LogP contribution in [0, 0.1) is 5.82 Å². The van der Waals surface area contributed by atoms with Gasteiger partial charge >= 0.3 is 0 Å². The van der Waals surface area contributed by atoms with Gasteiger partial charge in [-0.25, -0.2) is 4.39 Å². The standard InChI is InChI=1S/C12H15FN2O/c1-7(2)15-8(3)12(16)14-10-6-9(13)4-5-11(10)15/h4-8H,1-3H3,(H,14,16). The number of anilines is 2. The van der Waals surface area contributed by atoms with Crippen LogP contribution in [0.4, 0.5) is 15.8 Å². The smallest absolute Gasteiger partial charge is 0.246 e. The average molecular weight is 222 g/mol. The molecule has 0 bridgehead atoms. The molecule has 1 amide bonds. The van der Waals surface area contributed by atoms with Gasteiger partial charge in [-0.1, -0.05) is 0 Å². The van der Waals surface area contributed by atoms with Crippen molar-refractivity contribution in [2.45, 2.75) is 32.9 Å². The zero-order valence-corrected chi connectivity index (χ0v) is 9.62. The number of rotatable bonds is 1. The van der Waals surface area contributed by atoms with Crippen LogP contribution in [0.1, 0.15) is 20.8 Å². The molecule has 1 aromatic rings. The molecule has 0 spiro atoms. The predicted molar refractivity (Wildman–Crippen MR) is 62.1 cm³/mol. The van der Waals surface area contributed by atoms with E-state index in [-0.39, 0.29) is 23.8 Å². The molecular formula is C12H15FN2O.